The van der Waals surface area contributed by atoms with Crippen molar-refractivity contribution in [3.8, 4) is 17.1 Å². The van der Waals surface area contributed by atoms with Crippen LogP contribution in [0.4, 0.5) is 5.13 Å². The molecule has 0 aliphatic rings. The molecule has 0 spiro atoms. The summed E-state index contributed by atoms with van der Waals surface area (Å²) in [6, 6.07) is 15.4. The fourth-order valence-electron chi connectivity index (χ4n) is 3.59. The van der Waals surface area contributed by atoms with Gasteiger partial charge in [-0.3, -0.25) is 4.79 Å². The summed E-state index contributed by atoms with van der Waals surface area (Å²) >= 11 is 1.05. The molecule has 4 aromatic rings. The normalized spacial score (nSPS) is 11.7. The van der Waals surface area contributed by atoms with Gasteiger partial charge in [0.1, 0.15) is 11.7 Å². The smallest absolute Gasteiger partial charge is 0.357 e. The van der Waals surface area contributed by atoms with Gasteiger partial charge in [-0.1, -0.05) is 54.1 Å². The molecule has 3 N–H and O–H groups in total. The zero-order valence-electron chi connectivity index (χ0n) is 18.4. The number of hydrogen-bond donors (Lipinski definition) is 3. The Morgan fingerprint density at radius 1 is 1.21 bits per heavy atom. The summed E-state index contributed by atoms with van der Waals surface area (Å²) in [5.41, 5.74) is 2.03. The molecule has 0 radical (unpaired) electrons. The highest BCUT2D eigenvalue weighted by Gasteiger charge is 2.29. The molecule has 1 amide bonds. The number of ether oxygens (including phenoxy) is 1. The number of aromatic hydroxyl groups is 1. The van der Waals surface area contributed by atoms with Crippen molar-refractivity contribution >= 4 is 28.3 Å². The SMILES string of the molecule is COC(=O)c1csc(NC(=O)[C@H](Cc2ccccc2)n2c(O)c(-c3cccc(C)c3)[nH]c2=O)n1. The highest BCUT2D eigenvalue weighted by Crippen LogP contribution is 2.30. The predicted molar refractivity (Wildman–Crippen MR) is 128 cm³/mol. The molecule has 34 heavy (non-hydrogen) atoms. The molecule has 0 aliphatic heterocycles. The molecular weight excluding hydrogens is 456 g/mol. The van der Waals surface area contributed by atoms with Crippen molar-refractivity contribution in [1.82, 2.24) is 14.5 Å². The van der Waals surface area contributed by atoms with Crippen LogP contribution in [-0.2, 0) is 16.0 Å². The average molecular weight is 479 g/mol. The summed E-state index contributed by atoms with van der Waals surface area (Å²) in [7, 11) is 1.24. The number of aromatic amines is 1. The second kappa shape index (κ2) is 9.75. The second-order valence-electron chi connectivity index (χ2n) is 7.59. The van der Waals surface area contributed by atoms with E-state index in [-0.39, 0.29) is 28.8 Å². The Kier molecular flexibility index (Phi) is 6.60. The van der Waals surface area contributed by atoms with Crippen LogP contribution >= 0.6 is 11.3 Å². The van der Waals surface area contributed by atoms with Crippen LogP contribution < -0.4 is 11.0 Å². The van der Waals surface area contributed by atoms with Crippen LogP contribution in [0.25, 0.3) is 11.3 Å². The minimum atomic E-state index is -1.09. The van der Waals surface area contributed by atoms with E-state index in [0.29, 0.717) is 5.56 Å². The molecule has 0 unspecified atom stereocenters. The van der Waals surface area contributed by atoms with E-state index in [1.54, 1.807) is 6.07 Å². The fraction of sp³-hybridized carbons (Fsp3) is 0.167. The number of carbonyl (C=O) groups excluding carboxylic acids is 2. The van der Waals surface area contributed by atoms with Crippen LogP contribution in [0.1, 0.15) is 27.7 Å². The average Bonchev–Trinajstić information content (AvgIpc) is 3.41. The quantitative estimate of drug-likeness (QED) is 0.349. The van der Waals surface area contributed by atoms with Crippen LogP contribution in [0.15, 0.2) is 64.8 Å². The van der Waals surface area contributed by atoms with Gasteiger partial charge in [0, 0.05) is 17.4 Å². The highest BCUT2D eigenvalue weighted by atomic mass is 32.1. The Bertz CT molecular complexity index is 1390. The number of benzene rings is 2. The van der Waals surface area contributed by atoms with E-state index < -0.39 is 23.6 Å². The summed E-state index contributed by atoms with van der Waals surface area (Å²) in [6.45, 7) is 1.90. The number of hydrogen-bond acceptors (Lipinski definition) is 7. The van der Waals surface area contributed by atoms with E-state index in [2.05, 4.69) is 20.0 Å². The third kappa shape index (κ3) is 4.76. The molecule has 0 saturated heterocycles. The number of nitrogens with one attached hydrogen (secondary N) is 2. The zero-order valence-corrected chi connectivity index (χ0v) is 19.3. The Morgan fingerprint density at radius 3 is 2.68 bits per heavy atom. The summed E-state index contributed by atoms with van der Waals surface area (Å²) in [4.78, 5) is 44.7. The molecule has 1 atom stereocenters. The first-order valence-electron chi connectivity index (χ1n) is 10.4. The van der Waals surface area contributed by atoms with E-state index in [9.17, 15) is 19.5 Å². The van der Waals surface area contributed by atoms with Crippen molar-refractivity contribution in [1.29, 1.82) is 0 Å². The molecule has 0 saturated carbocycles. The number of methoxy groups -OCH3 is 1. The van der Waals surface area contributed by atoms with E-state index in [4.69, 9.17) is 0 Å². The number of H-pyrrole nitrogens is 1. The van der Waals surface area contributed by atoms with Crippen molar-refractivity contribution in [3.05, 3.63) is 87.3 Å². The maximum atomic E-state index is 13.3. The van der Waals surface area contributed by atoms with Crippen molar-refractivity contribution in [2.24, 2.45) is 0 Å². The number of esters is 1. The van der Waals surface area contributed by atoms with Crippen LogP contribution in [-0.4, -0.2) is 38.6 Å². The molecule has 10 heteroatoms. The third-order valence-corrected chi connectivity index (χ3v) is 5.98. The first kappa shape index (κ1) is 23.0. The molecule has 9 nitrogen and oxygen atoms in total. The standard InChI is InChI=1S/C24H22N4O5S/c1-14-7-6-10-16(11-14)19-21(30)28(24(32)26-19)18(12-15-8-4-3-5-9-15)20(29)27-23-25-17(13-34-23)22(31)33-2/h3-11,13,18,30H,12H2,1-2H3,(H,26,32)(H,25,27,29)/t18-/m0/s1. The molecule has 4 rings (SSSR count). The first-order valence-corrected chi connectivity index (χ1v) is 11.2. The lowest BCUT2D eigenvalue weighted by Gasteiger charge is -2.18. The van der Waals surface area contributed by atoms with Gasteiger partial charge in [0.05, 0.1) is 7.11 Å². The Hall–Kier alpha value is -4.18. The number of imidazole rings is 1. The number of carbonyl (C=O) groups is 2. The Morgan fingerprint density at radius 2 is 1.97 bits per heavy atom. The maximum absolute atomic E-state index is 13.3. The van der Waals surface area contributed by atoms with E-state index in [0.717, 1.165) is 27.0 Å². The number of thiazole rings is 1. The number of aromatic nitrogens is 3. The summed E-state index contributed by atoms with van der Waals surface area (Å²) in [6.07, 6.45) is 0.139. The van der Waals surface area contributed by atoms with Crippen molar-refractivity contribution in [3.63, 3.8) is 0 Å². The summed E-state index contributed by atoms with van der Waals surface area (Å²) in [5, 5.41) is 15.3. The van der Waals surface area contributed by atoms with Crippen LogP contribution in [0.3, 0.4) is 0 Å². The van der Waals surface area contributed by atoms with Gasteiger partial charge in [0.25, 0.3) is 0 Å². The molecule has 0 bridgehead atoms. The molecule has 0 aliphatic carbocycles. The maximum Gasteiger partial charge on any atom is 0.357 e. The lowest BCUT2D eigenvalue weighted by Crippen LogP contribution is -2.33. The summed E-state index contributed by atoms with van der Waals surface area (Å²) < 4.78 is 5.68. The van der Waals surface area contributed by atoms with Gasteiger partial charge in [-0.05, 0) is 18.6 Å². The number of anilines is 1. The molecule has 2 aromatic carbocycles. The van der Waals surface area contributed by atoms with Gasteiger partial charge in [-0.25, -0.2) is 19.1 Å². The van der Waals surface area contributed by atoms with Crippen molar-refractivity contribution < 1.29 is 19.4 Å². The molecule has 2 aromatic heterocycles. The summed E-state index contributed by atoms with van der Waals surface area (Å²) in [5.74, 6) is -1.54. The van der Waals surface area contributed by atoms with Gasteiger partial charge in [-0.15, -0.1) is 11.3 Å². The zero-order chi connectivity index (χ0) is 24.2. The van der Waals surface area contributed by atoms with Crippen LogP contribution in [0.5, 0.6) is 5.88 Å². The van der Waals surface area contributed by atoms with Gasteiger partial charge in [0.2, 0.25) is 11.8 Å². The number of amides is 1. The third-order valence-electron chi connectivity index (χ3n) is 5.22. The Labute approximate surface area is 198 Å². The monoisotopic (exact) mass is 478 g/mol. The lowest BCUT2D eigenvalue weighted by atomic mass is 10.0. The number of rotatable bonds is 7. The van der Waals surface area contributed by atoms with Crippen LogP contribution in [0, 0.1) is 6.92 Å². The first-order chi connectivity index (χ1) is 16.4. The van der Waals surface area contributed by atoms with Crippen molar-refractivity contribution in [2.45, 2.75) is 19.4 Å². The fourth-order valence-corrected chi connectivity index (χ4v) is 4.27. The number of aryl methyl sites for hydroxylation is 1. The van der Waals surface area contributed by atoms with Gasteiger partial charge in [-0.2, -0.15) is 0 Å². The number of nitrogens with zero attached hydrogens (tertiary/aromatic N) is 2. The Balaban J connectivity index is 1.72. The molecule has 0 fully saturated rings. The topological polar surface area (TPSA) is 126 Å². The molecule has 2 heterocycles. The second-order valence-corrected chi connectivity index (χ2v) is 8.45. The van der Waals surface area contributed by atoms with Crippen molar-refractivity contribution in [2.75, 3.05) is 12.4 Å². The van der Waals surface area contributed by atoms with Gasteiger partial charge in [0.15, 0.2) is 10.8 Å². The van der Waals surface area contributed by atoms with Crippen LogP contribution in [0.2, 0.25) is 0 Å². The van der Waals surface area contributed by atoms with Gasteiger partial charge >= 0.3 is 11.7 Å². The molecular formula is C24H22N4O5S. The lowest BCUT2D eigenvalue weighted by molar-refractivity contribution is -0.119. The minimum Gasteiger partial charge on any atom is -0.493 e. The highest BCUT2D eigenvalue weighted by molar-refractivity contribution is 7.14. The van der Waals surface area contributed by atoms with E-state index >= 15 is 0 Å². The van der Waals surface area contributed by atoms with E-state index in [1.807, 2.05) is 55.5 Å². The minimum absolute atomic E-state index is 0.0609. The largest absolute Gasteiger partial charge is 0.493 e. The predicted octanol–water partition coefficient (Wildman–Crippen LogP) is 3.52. The molecule has 174 valence electrons. The van der Waals surface area contributed by atoms with E-state index in [1.165, 1.54) is 12.5 Å². The van der Waals surface area contributed by atoms with Gasteiger partial charge < -0.3 is 20.1 Å².